The van der Waals surface area contributed by atoms with Gasteiger partial charge < -0.3 is 32.1 Å². The van der Waals surface area contributed by atoms with Gasteiger partial charge in [-0.15, -0.1) is 0 Å². The van der Waals surface area contributed by atoms with Crippen LogP contribution >= 0.6 is 0 Å². The third-order valence-corrected chi connectivity index (χ3v) is 4.39. The number of nitrogen functional groups attached to an aromatic ring is 1. The van der Waals surface area contributed by atoms with E-state index in [1.165, 1.54) is 13.0 Å². The molecule has 0 aliphatic carbocycles. The number of hydrogen-bond acceptors (Lipinski definition) is 5. The van der Waals surface area contributed by atoms with E-state index < -0.39 is 12.0 Å². The molecule has 0 radical (unpaired) electrons. The molecule has 2 rings (SSSR count). The van der Waals surface area contributed by atoms with E-state index in [4.69, 9.17) is 16.9 Å². The molecule has 1 heterocycles. The normalized spacial score (nSPS) is 12.9. The van der Waals surface area contributed by atoms with Crippen molar-refractivity contribution in [3.05, 3.63) is 40.1 Å². The maximum absolute atomic E-state index is 12.0. The highest BCUT2D eigenvalue weighted by Gasteiger charge is 2.23. The predicted molar refractivity (Wildman–Crippen MR) is 103 cm³/mol. The fourth-order valence-electron chi connectivity index (χ4n) is 3.02. The Morgan fingerprint density at radius 1 is 1.35 bits per heavy atom. The first-order valence-corrected chi connectivity index (χ1v) is 8.12. The maximum atomic E-state index is 12.0. The molecule has 1 aromatic heterocycles. The van der Waals surface area contributed by atoms with Gasteiger partial charge in [-0.25, -0.2) is 0 Å². The number of aliphatic hydroxyl groups excluding tert-OH is 1. The quantitative estimate of drug-likeness (QED) is 0.456. The first-order chi connectivity index (χ1) is 12.1. The lowest BCUT2D eigenvalue weighted by molar-refractivity contribution is 0.100. The fraction of sp³-hybridized carbons (Fsp3) is 0.263. The van der Waals surface area contributed by atoms with Crippen molar-refractivity contribution in [2.75, 3.05) is 5.73 Å². The molecular formula is C19H24N4O3. The molecule has 1 aromatic carbocycles. The molecule has 0 aliphatic rings. The summed E-state index contributed by atoms with van der Waals surface area (Å²) in [7, 11) is 0. The summed E-state index contributed by atoms with van der Waals surface area (Å²) in [4.78, 5) is 15.0. The minimum Gasteiger partial charge on any atom is -0.508 e. The average Bonchev–Trinajstić information content (AvgIpc) is 2.85. The highest BCUT2D eigenvalue weighted by atomic mass is 16.3. The number of anilines is 1. The van der Waals surface area contributed by atoms with Crippen LogP contribution in [0.2, 0.25) is 0 Å². The van der Waals surface area contributed by atoms with E-state index >= 15 is 0 Å². The number of aromatic amines is 1. The zero-order valence-corrected chi connectivity index (χ0v) is 15.3. The molecule has 1 unspecified atom stereocenters. The van der Waals surface area contributed by atoms with Crippen molar-refractivity contribution in [2.45, 2.75) is 33.8 Å². The smallest absolute Gasteiger partial charge is 0.252 e. The lowest BCUT2D eigenvalue weighted by Crippen LogP contribution is -2.15. The summed E-state index contributed by atoms with van der Waals surface area (Å²) in [6, 6.07) is 3.34. The van der Waals surface area contributed by atoms with Crippen molar-refractivity contribution in [1.82, 2.24) is 4.98 Å². The topological polar surface area (TPSA) is 149 Å². The van der Waals surface area contributed by atoms with Crippen molar-refractivity contribution in [3.63, 3.8) is 0 Å². The molecule has 7 heteroatoms. The molecule has 0 fully saturated rings. The van der Waals surface area contributed by atoms with Gasteiger partial charge in [0, 0.05) is 22.4 Å². The van der Waals surface area contributed by atoms with Crippen LogP contribution in [0.15, 0.2) is 17.7 Å². The number of carbonyl (C=O) groups excluding carboxylic acids is 1. The monoisotopic (exact) mass is 356 g/mol. The predicted octanol–water partition coefficient (Wildman–Crippen LogP) is 2.49. The molecule has 7 nitrogen and oxygen atoms in total. The number of aromatic nitrogens is 1. The van der Waals surface area contributed by atoms with Gasteiger partial charge in [-0.1, -0.05) is 6.07 Å². The Morgan fingerprint density at radius 2 is 1.96 bits per heavy atom. The lowest BCUT2D eigenvalue weighted by Gasteiger charge is -2.11. The molecule has 8 N–H and O–H groups in total. The molecule has 2 aromatic rings. The molecule has 0 saturated heterocycles. The highest BCUT2D eigenvalue weighted by Crippen LogP contribution is 2.38. The lowest BCUT2D eigenvalue weighted by atomic mass is 9.97. The van der Waals surface area contributed by atoms with Gasteiger partial charge in [-0.2, -0.15) is 0 Å². The molecular weight excluding hydrogens is 332 g/mol. The Balaban J connectivity index is 2.82. The number of H-pyrrole nitrogens is 1. The molecule has 138 valence electrons. The van der Waals surface area contributed by atoms with Crippen LogP contribution in [0, 0.1) is 19.3 Å². The van der Waals surface area contributed by atoms with Crippen LogP contribution in [0.25, 0.3) is 17.3 Å². The van der Waals surface area contributed by atoms with E-state index in [9.17, 15) is 15.0 Å². The van der Waals surface area contributed by atoms with Crippen molar-refractivity contribution in [1.29, 1.82) is 5.41 Å². The Kier molecular flexibility index (Phi) is 5.22. The Hall–Kier alpha value is -3.06. The molecule has 26 heavy (non-hydrogen) atoms. The van der Waals surface area contributed by atoms with Crippen LogP contribution in [-0.4, -0.2) is 32.9 Å². The SMILES string of the molecule is CC(=N)/C(=C\c1[nH]c(-c2c(C)ccc(O)c2C)c(N)c1C(N)=O)C(C)O. The van der Waals surface area contributed by atoms with Gasteiger partial charge in [-0.3, -0.25) is 4.79 Å². The second-order valence-corrected chi connectivity index (χ2v) is 6.37. The summed E-state index contributed by atoms with van der Waals surface area (Å²) in [5.41, 5.74) is 15.4. The number of phenols is 1. The van der Waals surface area contributed by atoms with Gasteiger partial charge in [-0.05, 0) is 45.4 Å². The van der Waals surface area contributed by atoms with Gasteiger partial charge in [0.25, 0.3) is 5.91 Å². The Bertz CT molecular complexity index is 923. The summed E-state index contributed by atoms with van der Waals surface area (Å²) < 4.78 is 0. The van der Waals surface area contributed by atoms with Crippen LogP contribution in [0.4, 0.5) is 5.69 Å². The standard InChI is InChI=1S/C19H24N4O3/c1-8-5-6-14(25)9(2)15(8)18-17(21)16(19(22)26)13(23-18)7-12(10(3)20)11(4)24/h5-7,11,20,23-25H,21H2,1-4H3,(H2,22,26)/b12-7+,20-10?. The van der Waals surface area contributed by atoms with Crippen LogP contribution in [0.5, 0.6) is 5.75 Å². The Morgan fingerprint density at radius 3 is 2.46 bits per heavy atom. The van der Waals surface area contributed by atoms with Crippen molar-refractivity contribution in [2.24, 2.45) is 5.73 Å². The number of nitrogens with two attached hydrogens (primary N) is 2. The zero-order chi connectivity index (χ0) is 19.8. The van der Waals surface area contributed by atoms with Gasteiger partial charge in [0.15, 0.2) is 0 Å². The largest absolute Gasteiger partial charge is 0.508 e. The van der Waals surface area contributed by atoms with Gasteiger partial charge >= 0.3 is 0 Å². The summed E-state index contributed by atoms with van der Waals surface area (Å²) in [5, 5.41) is 27.7. The number of hydrogen-bond donors (Lipinski definition) is 6. The molecule has 1 amide bonds. The number of aromatic hydroxyl groups is 1. The van der Waals surface area contributed by atoms with Crippen molar-refractivity contribution < 1.29 is 15.0 Å². The summed E-state index contributed by atoms with van der Waals surface area (Å²) in [5.74, 6) is -0.614. The van der Waals surface area contributed by atoms with E-state index in [-0.39, 0.29) is 22.7 Å². The fourth-order valence-corrected chi connectivity index (χ4v) is 3.02. The van der Waals surface area contributed by atoms with Gasteiger partial charge in [0.1, 0.15) is 5.75 Å². The van der Waals surface area contributed by atoms with E-state index in [1.807, 2.05) is 6.92 Å². The number of benzene rings is 1. The first-order valence-electron chi connectivity index (χ1n) is 8.12. The van der Waals surface area contributed by atoms with Crippen molar-refractivity contribution >= 4 is 23.4 Å². The van der Waals surface area contributed by atoms with Gasteiger partial charge in [0.05, 0.1) is 28.7 Å². The van der Waals surface area contributed by atoms with E-state index in [0.29, 0.717) is 28.1 Å². The van der Waals surface area contributed by atoms with Gasteiger partial charge in [0.2, 0.25) is 0 Å². The number of primary amides is 1. The molecule has 0 saturated carbocycles. The van der Waals surface area contributed by atoms with Crippen LogP contribution in [-0.2, 0) is 0 Å². The van der Waals surface area contributed by atoms with E-state index in [1.54, 1.807) is 26.0 Å². The number of carbonyl (C=O) groups is 1. The number of nitrogens with one attached hydrogen (secondary N) is 2. The highest BCUT2D eigenvalue weighted by molar-refractivity contribution is 6.07. The van der Waals surface area contributed by atoms with E-state index in [2.05, 4.69) is 4.98 Å². The van der Waals surface area contributed by atoms with E-state index in [0.717, 1.165) is 5.56 Å². The number of phenolic OH excluding ortho intramolecular Hbond substituents is 1. The third kappa shape index (κ3) is 3.34. The Labute approximate surface area is 151 Å². The molecule has 1 atom stereocenters. The second kappa shape index (κ2) is 7.05. The average molecular weight is 356 g/mol. The zero-order valence-electron chi connectivity index (χ0n) is 15.3. The van der Waals surface area contributed by atoms with Crippen LogP contribution in [0.3, 0.4) is 0 Å². The summed E-state index contributed by atoms with van der Waals surface area (Å²) >= 11 is 0. The molecule has 0 aliphatic heterocycles. The molecule has 0 spiro atoms. The number of aliphatic hydroxyl groups is 1. The minimum atomic E-state index is -0.898. The first kappa shape index (κ1) is 19.3. The second-order valence-electron chi connectivity index (χ2n) is 6.37. The summed E-state index contributed by atoms with van der Waals surface area (Å²) in [6.45, 7) is 6.69. The maximum Gasteiger partial charge on any atom is 0.252 e. The minimum absolute atomic E-state index is 0.0848. The number of amides is 1. The van der Waals surface area contributed by atoms with Crippen molar-refractivity contribution in [3.8, 4) is 17.0 Å². The number of aryl methyl sites for hydroxylation is 1. The van der Waals surface area contributed by atoms with Crippen LogP contribution in [0.1, 0.15) is 41.0 Å². The third-order valence-electron chi connectivity index (χ3n) is 4.39. The molecule has 0 bridgehead atoms. The summed E-state index contributed by atoms with van der Waals surface area (Å²) in [6.07, 6.45) is 0.603. The van der Waals surface area contributed by atoms with Crippen LogP contribution < -0.4 is 11.5 Å². The number of rotatable bonds is 5.